The second-order valence-electron chi connectivity index (χ2n) is 4.23. The van der Waals surface area contributed by atoms with E-state index in [9.17, 15) is 9.59 Å². The molecule has 4 nitrogen and oxygen atoms in total. The van der Waals surface area contributed by atoms with Crippen LogP contribution in [0.3, 0.4) is 0 Å². The SMILES string of the molecule is CCCC(OCC)C(=O)C(CCC)C(=O)OCC. The van der Waals surface area contributed by atoms with Gasteiger partial charge in [-0.25, -0.2) is 0 Å². The number of ketones is 1. The summed E-state index contributed by atoms with van der Waals surface area (Å²) in [7, 11) is 0. The van der Waals surface area contributed by atoms with Crippen molar-refractivity contribution in [3.05, 3.63) is 0 Å². The van der Waals surface area contributed by atoms with E-state index in [1.807, 2.05) is 20.8 Å². The lowest BCUT2D eigenvalue weighted by molar-refractivity contribution is -0.155. The fourth-order valence-corrected chi connectivity index (χ4v) is 1.90. The first-order valence-corrected chi connectivity index (χ1v) is 6.94. The normalized spacial score (nSPS) is 14.0. The van der Waals surface area contributed by atoms with Crippen molar-refractivity contribution in [1.82, 2.24) is 0 Å². The minimum absolute atomic E-state index is 0.126. The summed E-state index contributed by atoms with van der Waals surface area (Å²) < 4.78 is 10.4. The van der Waals surface area contributed by atoms with Crippen LogP contribution in [0.5, 0.6) is 0 Å². The van der Waals surface area contributed by atoms with Crippen molar-refractivity contribution in [2.75, 3.05) is 13.2 Å². The molecule has 0 bridgehead atoms. The maximum absolute atomic E-state index is 12.3. The van der Waals surface area contributed by atoms with Crippen molar-refractivity contribution in [3.63, 3.8) is 0 Å². The second kappa shape index (κ2) is 10.1. The molecule has 0 radical (unpaired) electrons. The van der Waals surface area contributed by atoms with Crippen LogP contribution < -0.4 is 0 Å². The predicted octanol–water partition coefficient (Wildman–Crippen LogP) is 2.74. The molecule has 0 saturated carbocycles. The minimum Gasteiger partial charge on any atom is -0.465 e. The Morgan fingerprint density at radius 2 is 1.56 bits per heavy atom. The van der Waals surface area contributed by atoms with Crippen molar-refractivity contribution in [2.45, 2.75) is 59.5 Å². The highest BCUT2D eigenvalue weighted by molar-refractivity contribution is 6.01. The third-order valence-corrected chi connectivity index (χ3v) is 2.73. The van der Waals surface area contributed by atoms with Crippen molar-refractivity contribution in [1.29, 1.82) is 0 Å². The Morgan fingerprint density at radius 1 is 0.944 bits per heavy atom. The van der Waals surface area contributed by atoms with Gasteiger partial charge >= 0.3 is 5.97 Å². The van der Waals surface area contributed by atoms with Crippen molar-refractivity contribution >= 4 is 11.8 Å². The van der Waals surface area contributed by atoms with Gasteiger partial charge in [0.15, 0.2) is 5.78 Å². The van der Waals surface area contributed by atoms with Crippen LogP contribution in [0.4, 0.5) is 0 Å². The molecule has 0 aromatic carbocycles. The molecule has 0 saturated heterocycles. The molecule has 0 aliphatic carbocycles. The Morgan fingerprint density at radius 3 is 2.00 bits per heavy atom. The molecular formula is C14H26O4. The minimum atomic E-state index is -0.668. The van der Waals surface area contributed by atoms with E-state index in [2.05, 4.69) is 0 Å². The first-order valence-electron chi connectivity index (χ1n) is 6.94. The van der Waals surface area contributed by atoms with Gasteiger partial charge in [-0.15, -0.1) is 0 Å². The van der Waals surface area contributed by atoms with Crippen molar-refractivity contribution in [3.8, 4) is 0 Å². The lowest BCUT2D eigenvalue weighted by Crippen LogP contribution is -2.36. The molecule has 2 atom stereocenters. The Kier molecular flexibility index (Phi) is 9.56. The first kappa shape index (κ1) is 17.1. The smallest absolute Gasteiger partial charge is 0.316 e. The molecular weight excluding hydrogens is 232 g/mol. The molecule has 0 N–H and O–H groups in total. The third-order valence-electron chi connectivity index (χ3n) is 2.73. The Labute approximate surface area is 110 Å². The summed E-state index contributed by atoms with van der Waals surface area (Å²) >= 11 is 0. The maximum Gasteiger partial charge on any atom is 0.316 e. The maximum atomic E-state index is 12.3. The average Bonchev–Trinajstić information content (AvgIpc) is 2.35. The zero-order chi connectivity index (χ0) is 14.0. The summed E-state index contributed by atoms with van der Waals surface area (Å²) in [5.41, 5.74) is 0. The van der Waals surface area contributed by atoms with E-state index in [0.29, 0.717) is 26.1 Å². The summed E-state index contributed by atoms with van der Waals surface area (Å²) in [5, 5.41) is 0. The van der Waals surface area contributed by atoms with Gasteiger partial charge in [-0.2, -0.15) is 0 Å². The Balaban J connectivity index is 4.73. The van der Waals surface area contributed by atoms with Gasteiger partial charge in [0.25, 0.3) is 0 Å². The number of carbonyl (C=O) groups is 2. The first-order chi connectivity index (χ1) is 8.62. The summed E-state index contributed by atoms with van der Waals surface area (Å²) in [4.78, 5) is 24.1. The molecule has 0 fully saturated rings. The van der Waals surface area contributed by atoms with E-state index in [1.165, 1.54) is 0 Å². The molecule has 106 valence electrons. The van der Waals surface area contributed by atoms with Gasteiger partial charge in [0, 0.05) is 6.61 Å². The number of hydrogen-bond donors (Lipinski definition) is 0. The molecule has 0 aliphatic rings. The molecule has 0 aliphatic heterocycles. The summed E-state index contributed by atoms with van der Waals surface area (Å²) in [6, 6.07) is 0. The number of carbonyl (C=O) groups excluding carboxylic acids is 2. The molecule has 0 heterocycles. The zero-order valence-electron chi connectivity index (χ0n) is 12.0. The topological polar surface area (TPSA) is 52.6 Å². The van der Waals surface area contributed by atoms with Crippen LogP contribution in [-0.4, -0.2) is 31.1 Å². The van der Waals surface area contributed by atoms with E-state index >= 15 is 0 Å². The number of ether oxygens (including phenoxy) is 2. The molecule has 0 aromatic rings. The number of rotatable bonds is 10. The summed E-state index contributed by atoms with van der Waals surface area (Å²) in [5.74, 6) is -1.21. The van der Waals surface area contributed by atoms with Crippen molar-refractivity contribution < 1.29 is 19.1 Å². The Bertz CT molecular complexity index is 244. The molecule has 2 unspecified atom stereocenters. The van der Waals surface area contributed by atoms with E-state index in [1.54, 1.807) is 6.92 Å². The highest BCUT2D eigenvalue weighted by atomic mass is 16.5. The second-order valence-corrected chi connectivity index (χ2v) is 4.23. The van der Waals surface area contributed by atoms with Crippen LogP contribution in [0.15, 0.2) is 0 Å². The standard InChI is InChI=1S/C14H26O4/c1-5-9-11(14(16)18-8-4)13(15)12(10-6-2)17-7-3/h11-12H,5-10H2,1-4H3. The van der Waals surface area contributed by atoms with Gasteiger partial charge < -0.3 is 9.47 Å². The average molecular weight is 258 g/mol. The fraction of sp³-hybridized carbons (Fsp3) is 0.857. The van der Waals surface area contributed by atoms with Crippen molar-refractivity contribution in [2.24, 2.45) is 5.92 Å². The van der Waals surface area contributed by atoms with Crippen LogP contribution >= 0.6 is 0 Å². The molecule has 18 heavy (non-hydrogen) atoms. The van der Waals surface area contributed by atoms with Crippen LogP contribution in [0.2, 0.25) is 0 Å². The zero-order valence-corrected chi connectivity index (χ0v) is 12.0. The molecule has 0 aromatic heterocycles. The van der Waals surface area contributed by atoms with Gasteiger partial charge in [-0.1, -0.05) is 26.7 Å². The summed E-state index contributed by atoms with van der Waals surface area (Å²) in [6.07, 6.45) is 2.36. The number of Topliss-reactive ketones (excluding diaryl/α,β-unsaturated/α-hetero) is 1. The van der Waals surface area contributed by atoms with E-state index in [0.717, 1.165) is 12.8 Å². The third kappa shape index (κ3) is 5.63. The predicted molar refractivity (Wildman–Crippen MR) is 70.4 cm³/mol. The van der Waals surface area contributed by atoms with E-state index in [-0.39, 0.29) is 5.78 Å². The summed E-state index contributed by atoms with van der Waals surface area (Å²) in [6.45, 7) is 8.34. The molecule has 4 heteroatoms. The largest absolute Gasteiger partial charge is 0.465 e. The van der Waals surface area contributed by atoms with Gasteiger partial charge in [0.1, 0.15) is 12.0 Å². The highest BCUT2D eigenvalue weighted by Gasteiger charge is 2.32. The van der Waals surface area contributed by atoms with Crippen LogP contribution in [0, 0.1) is 5.92 Å². The monoisotopic (exact) mass is 258 g/mol. The van der Waals surface area contributed by atoms with Gasteiger partial charge in [-0.3, -0.25) is 9.59 Å². The van der Waals surface area contributed by atoms with E-state index < -0.39 is 18.0 Å². The fourth-order valence-electron chi connectivity index (χ4n) is 1.90. The Hall–Kier alpha value is -0.900. The molecule has 0 spiro atoms. The van der Waals surface area contributed by atoms with Gasteiger partial charge in [0.2, 0.25) is 0 Å². The van der Waals surface area contributed by atoms with Crippen LogP contribution in [0.1, 0.15) is 53.4 Å². The lowest BCUT2D eigenvalue weighted by atomic mass is 9.93. The van der Waals surface area contributed by atoms with Crippen LogP contribution in [0.25, 0.3) is 0 Å². The molecule has 0 rings (SSSR count). The van der Waals surface area contributed by atoms with Gasteiger partial charge in [-0.05, 0) is 26.7 Å². The highest BCUT2D eigenvalue weighted by Crippen LogP contribution is 2.17. The molecule has 0 amide bonds. The lowest BCUT2D eigenvalue weighted by Gasteiger charge is -2.20. The number of hydrogen-bond acceptors (Lipinski definition) is 4. The van der Waals surface area contributed by atoms with Gasteiger partial charge in [0.05, 0.1) is 6.61 Å². The van der Waals surface area contributed by atoms with Crippen LogP contribution in [-0.2, 0) is 19.1 Å². The number of esters is 1. The van der Waals surface area contributed by atoms with E-state index in [4.69, 9.17) is 9.47 Å². The quantitative estimate of drug-likeness (QED) is 0.446.